The third-order valence-electron chi connectivity index (χ3n) is 4.12. The number of anilines is 1. The fourth-order valence-corrected chi connectivity index (χ4v) is 3.71. The van der Waals surface area contributed by atoms with Gasteiger partial charge in [-0.2, -0.15) is 16.4 Å². The normalized spacial score (nSPS) is 18.4. The number of rotatable bonds is 3. The summed E-state index contributed by atoms with van der Waals surface area (Å²) in [5, 5.41) is 8.54. The SMILES string of the molecule is CCn1nc(C)c(N)c1C(=O)N1CCCC1c1ccsc1. The van der Waals surface area contributed by atoms with E-state index in [4.69, 9.17) is 5.73 Å². The Balaban J connectivity index is 1.95. The van der Waals surface area contributed by atoms with Gasteiger partial charge in [0.1, 0.15) is 5.69 Å². The van der Waals surface area contributed by atoms with E-state index in [2.05, 4.69) is 21.9 Å². The number of aryl methyl sites for hydroxylation is 2. The maximum Gasteiger partial charge on any atom is 0.274 e. The van der Waals surface area contributed by atoms with E-state index in [-0.39, 0.29) is 11.9 Å². The van der Waals surface area contributed by atoms with Gasteiger partial charge in [-0.3, -0.25) is 9.48 Å². The minimum atomic E-state index is 0.00338. The molecule has 1 aliphatic heterocycles. The molecular weight excluding hydrogens is 284 g/mol. The first-order valence-corrected chi connectivity index (χ1v) is 8.23. The van der Waals surface area contributed by atoms with Crippen molar-refractivity contribution in [3.63, 3.8) is 0 Å². The molecule has 21 heavy (non-hydrogen) atoms. The van der Waals surface area contributed by atoms with Crippen molar-refractivity contribution in [3.8, 4) is 0 Å². The van der Waals surface area contributed by atoms with E-state index in [0.717, 1.165) is 25.1 Å². The lowest BCUT2D eigenvalue weighted by Crippen LogP contribution is -2.32. The Hall–Kier alpha value is -1.82. The molecule has 1 amide bonds. The van der Waals surface area contributed by atoms with Crippen molar-refractivity contribution in [3.05, 3.63) is 33.8 Å². The summed E-state index contributed by atoms with van der Waals surface area (Å²) >= 11 is 1.67. The Kier molecular flexibility index (Phi) is 3.71. The highest BCUT2D eigenvalue weighted by molar-refractivity contribution is 7.07. The van der Waals surface area contributed by atoms with Crippen LogP contribution in [0.5, 0.6) is 0 Å². The summed E-state index contributed by atoms with van der Waals surface area (Å²) in [4.78, 5) is 14.9. The molecule has 2 aromatic rings. The highest BCUT2D eigenvalue weighted by atomic mass is 32.1. The van der Waals surface area contributed by atoms with Gasteiger partial charge in [-0.1, -0.05) is 0 Å². The number of likely N-dealkylation sites (tertiary alicyclic amines) is 1. The summed E-state index contributed by atoms with van der Waals surface area (Å²) in [6, 6.07) is 2.27. The summed E-state index contributed by atoms with van der Waals surface area (Å²) in [5.74, 6) is 0.00338. The highest BCUT2D eigenvalue weighted by Gasteiger charge is 2.33. The summed E-state index contributed by atoms with van der Waals surface area (Å²) < 4.78 is 1.72. The van der Waals surface area contributed by atoms with Gasteiger partial charge in [-0.15, -0.1) is 0 Å². The molecule has 0 spiro atoms. The molecule has 3 heterocycles. The molecule has 2 aromatic heterocycles. The van der Waals surface area contributed by atoms with Crippen LogP contribution in [0.25, 0.3) is 0 Å². The van der Waals surface area contributed by atoms with Gasteiger partial charge in [0.2, 0.25) is 0 Å². The minimum Gasteiger partial charge on any atom is -0.395 e. The summed E-state index contributed by atoms with van der Waals surface area (Å²) in [7, 11) is 0. The van der Waals surface area contributed by atoms with E-state index in [9.17, 15) is 4.79 Å². The second kappa shape index (κ2) is 5.52. The molecule has 1 fully saturated rings. The van der Waals surface area contributed by atoms with E-state index < -0.39 is 0 Å². The Labute approximate surface area is 128 Å². The maximum atomic E-state index is 13.0. The topological polar surface area (TPSA) is 64.2 Å². The lowest BCUT2D eigenvalue weighted by Gasteiger charge is -2.24. The molecule has 0 saturated carbocycles. The molecule has 0 radical (unpaired) electrons. The van der Waals surface area contributed by atoms with Gasteiger partial charge in [0, 0.05) is 13.1 Å². The molecule has 1 unspecified atom stereocenters. The molecule has 6 heteroatoms. The van der Waals surface area contributed by atoms with E-state index in [0.29, 0.717) is 17.9 Å². The Morgan fingerprint density at radius 2 is 2.38 bits per heavy atom. The monoisotopic (exact) mass is 304 g/mol. The standard InChI is InChI=1S/C15H20N4OS/c1-3-19-14(13(16)10(2)17-19)15(20)18-7-4-5-12(18)11-6-8-21-9-11/h6,8-9,12H,3-5,7,16H2,1-2H3. The molecule has 1 aliphatic rings. The number of aromatic nitrogens is 2. The van der Waals surface area contributed by atoms with Crippen molar-refractivity contribution in [2.45, 2.75) is 39.3 Å². The maximum absolute atomic E-state index is 13.0. The molecule has 3 rings (SSSR count). The Morgan fingerprint density at radius 3 is 3.05 bits per heavy atom. The Bertz CT molecular complexity index is 647. The van der Waals surface area contributed by atoms with Crippen LogP contribution < -0.4 is 5.73 Å². The lowest BCUT2D eigenvalue weighted by atomic mass is 10.1. The van der Waals surface area contributed by atoms with Crippen molar-refractivity contribution < 1.29 is 4.79 Å². The van der Waals surface area contributed by atoms with Gasteiger partial charge in [0.15, 0.2) is 0 Å². The highest BCUT2D eigenvalue weighted by Crippen LogP contribution is 2.35. The van der Waals surface area contributed by atoms with Gasteiger partial charge in [0.25, 0.3) is 5.91 Å². The first kappa shape index (κ1) is 14.1. The molecule has 0 aliphatic carbocycles. The van der Waals surface area contributed by atoms with Crippen LogP contribution in [0.2, 0.25) is 0 Å². The van der Waals surface area contributed by atoms with Crippen LogP contribution >= 0.6 is 11.3 Å². The van der Waals surface area contributed by atoms with E-state index in [1.807, 2.05) is 18.7 Å². The van der Waals surface area contributed by atoms with E-state index in [1.54, 1.807) is 16.0 Å². The number of hydrogen-bond donors (Lipinski definition) is 1. The van der Waals surface area contributed by atoms with E-state index in [1.165, 1.54) is 5.56 Å². The van der Waals surface area contributed by atoms with Crippen LogP contribution in [0.15, 0.2) is 16.8 Å². The van der Waals surface area contributed by atoms with Crippen LogP contribution in [0.1, 0.15) is 47.6 Å². The van der Waals surface area contributed by atoms with Crippen molar-refractivity contribution in [1.29, 1.82) is 0 Å². The molecule has 112 valence electrons. The van der Waals surface area contributed by atoms with Crippen LogP contribution in [0.3, 0.4) is 0 Å². The average molecular weight is 304 g/mol. The van der Waals surface area contributed by atoms with Gasteiger partial charge < -0.3 is 10.6 Å². The number of carbonyl (C=O) groups excluding carboxylic acids is 1. The lowest BCUT2D eigenvalue weighted by molar-refractivity contribution is 0.0724. The van der Waals surface area contributed by atoms with Crippen molar-refractivity contribution in [1.82, 2.24) is 14.7 Å². The zero-order valence-electron chi connectivity index (χ0n) is 12.4. The van der Waals surface area contributed by atoms with Gasteiger partial charge in [-0.25, -0.2) is 0 Å². The number of nitrogens with zero attached hydrogens (tertiary/aromatic N) is 3. The minimum absolute atomic E-state index is 0.00338. The fourth-order valence-electron chi connectivity index (χ4n) is 3.01. The molecular formula is C15H20N4OS. The average Bonchev–Trinajstić information content (AvgIpc) is 3.18. The van der Waals surface area contributed by atoms with Crippen LogP contribution in [0, 0.1) is 6.92 Å². The quantitative estimate of drug-likeness (QED) is 0.948. The van der Waals surface area contributed by atoms with Gasteiger partial charge in [0.05, 0.1) is 17.4 Å². The number of hydrogen-bond acceptors (Lipinski definition) is 4. The van der Waals surface area contributed by atoms with Crippen molar-refractivity contribution in [2.24, 2.45) is 0 Å². The molecule has 0 bridgehead atoms. The summed E-state index contributed by atoms with van der Waals surface area (Å²) in [6.45, 7) is 5.25. The summed E-state index contributed by atoms with van der Waals surface area (Å²) in [6.07, 6.45) is 2.05. The third kappa shape index (κ3) is 2.33. The number of amides is 1. The second-order valence-electron chi connectivity index (χ2n) is 5.38. The molecule has 2 N–H and O–H groups in total. The van der Waals surface area contributed by atoms with E-state index >= 15 is 0 Å². The number of nitrogen functional groups attached to an aromatic ring is 1. The smallest absolute Gasteiger partial charge is 0.274 e. The van der Waals surface area contributed by atoms with Gasteiger partial charge >= 0.3 is 0 Å². The first-order chi connectivity index (χ1) is 10.1. The zero-order chi connectivity index (χ0) is 15.0. The third-order valence-corrected chi connectivity index (χ3v) is 4.82. The predicted molar refractivity (Wildman–Crippen MR) is 84.4 cm³/mol. The fraction of sp³-hybridized carbons (Fsp3) is 0.467. The van der Waals surface area contributed by atoms with Crippen molar-refractivity contribution >= 4 is 22.9 Å². The molecule has 1 saturated heterocycles. The molecule has 0 aromatic carbocycles. The zero-order valence-corrected chi connectivity index (χ0v) is 13.2. The molecule has 5 nitrogen and oxygen atoms in total. The first-order valence-electron chi connectivity index (χ1n) is 7.29. The van der Waals surface area contributed by atoms with Crippen LogP contribution in [-0.4, -0.2) is 27.1 Å². The Morgan fingerprint density at radius 1 is 1.57 bits per heavy atom. The van der Waals surface area contributed by atoms with Crippen LogP contribution in [-0.2, 0) is 6.54 Å². The molecule has 1 atom stereocenters. The van der Waals surface area contributed by atoms with Crippen molar-refractivity contribution in [2.75, 3.05) is 12.3 Å². The number of thiophene rings is 1. The number of carbonyl (C=O) groups is 1. The number of nitrogens with two attached hydrogens (primary N) is 1. The van der Waals surface area contributed by atoms with Crippen LogP contribution in [0.4, 0.5) is 5.69 Å². The largest absolute Gasteiger partial charge is 0.395 e. The predicted octanol–water partition coefficient (Wildman–Crippen LogP) is 2.83. The second-order valence-corrected chi connectivity index (χ2v) is 6.16. The van der Waals surface area contributed by atoms with Gasteiger partial charge in [-0.05, 0) is 49.1 Å². The summed E-state index contributed by atoms with van der Waals surface area (Å²) in [5.41, 5.74) is 9.09.